The molecule has 2 rings (SSSR count). The number of aromatic nitrogens is 2. The molecule has 1 aromatic heterocycles. The Morgan fingerprint density at radius 1 is 1.53 bits per heavy atom. The van der Waals surface area contributed by atoms with Gasteiger partial charge in [0.25, 0.3) is 5.91 Å². The van der Waals surface area contributed by atoms with Crippen LogP contribution in [0, 0.1) is 5.82 Å². The summed E-state index contributed by atoms with van der Waals surface area (Å²) in [6.45, 7) is 0.453. The van der Waals surface area contributed by atoms with Crippen LogP contribution in [-0.2, 0) is 6.42 Å². The van der Waals surface area contributed by atoms with Gasteiger partial charge in [-0.15, -0.1) is 0 Å². The largest absolute Gasteiger partial charge is 0.494 e. The Labute approximate surface area is 109 Å². The second kappa shape index (κ2) is 5.99. The van der Waals surface area contributed by atoms with E-state index in [2.05, 4.69) is 15.3 Å². The molecule has 0 aliphatic rings. The second-order valence-corrected chi connectivity index (χ2v) is 3.93. The highest BCUT2D eigenvalue weighted by Gasteiger charge is 2.09. The molecular formula is C13H14FN3O2. The van der Waals surface area contributed by atoms with Gasteiger partial charge < -0.3 is 15.0 Å². The highest BCUT2D eigenvalue weighted by atomic mass is 19.1. The number of methoxy groups -OCH3 is 1. The van der Waals surface area contributed by atoms with Crippen LogP contribution in [0.5, 0.6) is 5.75 Å². The van der Waals surface area contributed by atoms with Crippen molar-refractivity contribution in [3.63, 3.8) is 0 Å². The van der Waals surface area contributed by atoms with Gasteiger partial charge in [-0.1, -0.05) is 0 Å². The Kier molecular flexibility index (Phi) is 4.12. The number of carbonyl (C=O) groups is 1. The molecule has 0 aliphatic carbocycles. The Morgan fingerprint density at radius 2 is 2.37 bits per heavy atom. The van der Waals surface area contributed by atoms with Crippen molar-refractivity contribution in [1.29, 1.82) is 0 Å². The molecule has 5 nitrogen and oxygen atoms in total. The van der Waals surface area contributed by atoms with Gasteiger partial charge in [0.15, 0.2) is 11.6 Å². The van der Waals surface area contributed by atoms with Gasteiger partial charge in [0.2, 0.25) is 0 Å². The third kappa shape index (κ3) is 3.31. The molecule has 2 N–H and O–H groups in total. The zero-order chi connectivity index (χ0) is 13.7. The van der Waals surface area contributed by atoms with E-state index >= 15 is 0 Å². The lowest BCUT2D eigenvalue weighted by molar-refractivity contribution is 0.0953. The van der Waals surface area contributed by atoms with Crippen LogP contribution < -0.4 is 10.1 Å². The first-order chi connectivity index (χ1) is 9.20. The Bertz CT molecular complexity index is 555. The molecule has 0 unspecified atom stereocenters. The number of hydrogen-bond acceptors (Lipinski definition) is 3. The number of nitrogens with one attached hydrogen (secondary N) is 2. The van der Waals surface area contributed by atoms with Gasteiger partial charge in [-0.05, 0) is 18.2 Å². The van der Waals surface area contributed by atoms with Crippen molar-refractivity contribution in [2.24, 2.45) is 0 Å². The summed E-state index contributed by atoms with van der Waals surface area (Å²) in [6.07, 6.45) is 3.92. The first-order valence-electron chi connectivity index (χ1n) is 5.79. The van der Waals surface area contributed by atoms with Crippen LogP contribution in [0.3, 0.4) is 0 Å². The summed E-state index contributed by atoms with van der Waals surface area (Å²) in [5.74, 6) is -0.751. The van der Waals surface area contributed by atoms with Gasteiger partial charge in [-0.25, -0.2) is 9.37 Å². The van der Waals surface area contributed by atoms with Crippen LogP contribution in [0.1, 0.15) is 16.1 Å². The molecule has 0 saturated heterocycles. The second-order valence-electron chi connectivity index (χ2n) is 3.93. The monoisotopic (exact) mass is 263 g/mol. The maximum atomic E-state index is 13.4. The van der Waals surface area contributed by atoms with E-state index in [0.717, 1.165) is 11.8 Å². The average molecular weight is 263 g/mol. The number of hydrogen-bond donors (Lipinski definition) is 2. The first kappa shape index (κ1) is 13.1. The van der Waals surface area contributed by atoms with Gasteiger partial charge >= 0.3 is 0 Å². The topological polar surface area (TPSA) is 67.0 Å². The summed E-state index contributed by atoms with van der Waals surface area (Å²) in [6, 6.07) is 4.11. The maximum Gasteiger partial charge on any atom is 0.251 e. The summed E-state index contributed by atoms with van der Waals surface area (Å²) in [5.41, 5.74) is 1.20. The smallest absolute Gasteiger partial charge is 0.251 e. The van der Waals surface area contributed by atoms with Crippen LogP contribution in [-0.4, -0.2) is 29.5 Å². The standard InChI is InChI=1S/C13H14FN3O2/c1-19-12-3-2-9(6-11(12)14)13(18)16-5-4-10-7-15-8-17-10/h2-3,6-8H,4-5H2,1H3,(H,15,17)(H,16,18). The number of halogens is 1. The van der Waals surface area contributed by atoms with Crippen molar-refractivity contribution in [2.45, 2.75) is 6.42 Å². The van der Waals surface area contributed by atoms with E-state index in [-0.39, 0.29) is 17.2 Å². The summed E-state index contributed by atoms with van der Waals surface area (Å²) >= 11 is 0. The van der Waals surface area contributed by atoms with E-state index in [0.29, 0.717) is 13.0 Å². The summed E-state index contributed by atoms with van der Waals surface area (Å²) in [5, 5.41) is 2.71. The minimum atomic E-state index is -0.552. The van der Waals surface area contributed by atoms with Crippen molar-refractivity contribution >= 4 is 5.91 Å². The van der Waals surface area contributed by atoms with Gasteiger partial charge in [0.05, 0.1) is 13.4 Å². The number of nitrogens with zero attached hydrogens (tertiary/aromatic N) is 1. The number of carbonyl (C=O) groups excluding carboxylic acids is 1. The highest BCUT2D eigenvalue weighted by Crippen LogP contribution is 2.17. The van der Waals surface area contributed by atoms with E-state index in [4.69, 9.17) is 4.74 Å². The van der Waals surface area contributed by atoms with Crippen molar-refractivity contribution in [3.05, 3.63) is 47.8 Å². The summed E-state index contributed by atoms with van der Waals surface area (Å²) in [7, 11) is 1.38. The maximum absolute atomic E-state index is 13.4. The molecular weight excluding hydrogens is 249 g/mol. The number of rotatable bonds is 5. The first-order valence-corrected chi connectivity index (χ1v) is 5.79. The molecule has 0 spiro atoms. The number of amides is 1. The van der Waals surface area contributed by atoms with Crippen molar-refractivity contribution < 1.29 is 13.9 Å². The molecule has 1 amide bonds. The minimum absolute atomic E-state index is 0.119. The molecule has 19 heavy (non-hydrogen) atoms. The minimum Gasteiger partial charge on any atom is -0.494 e. The molecule has 0 radical (unpaired) electrons. The molecule has 0 aliphatic heterocycles. The lowest BCUT2D eigenvalue weighted by atomic mass is 10.2. The van der Waals surface area contributed by atoms with Crippen LogP contribution >= 0.6 is 0 Å². The fraction of sp³-hybridized carbons (Fsp3) is 0.231. The van der Waals surface area contributed by atoms with Crippen LogP contribution in [0.4, 0.5) is 4.39 Å². The number of benzene rings is 1. The predicted octanol–water partition coefficient (Wildman–Crippen LogP) is 1.53. The molecule has 1 aromatic carbocycles. The predicted molar refractivity (Wildman–Crippen MR) is 67.6 cm³/mol. The average Bonchev–Trinajstić information content (AvgIpc) is 2.91. The van der Waals surface area contributed by atoms with Gasteiger partial charge in [0.1, 0.15) is 0 Å². The van der Waals surface area contributed by atoms with Crippen molar-refractivity contribution in [3.8, 4) is 5.75 Å². The van der Waals surface area contributed by atoms with E-state index < -0.39 is 5.82 Å². The summed E-state index contributed by atoms with van der Waals surface area (Å²) in [4.78, 5) is 18.6. The van der Waals surface area contributed by atoms with Crippen molar-refractivity contribution in [2.75, 3.05) is 13.7 Å². The fourth-order valence-corrected chi connectivity index (χ4v) is 1.64. The quantitative estimate of drug-likeness (QED) is 0.859. The van der Waals surface area contributed by atoms with E-state index in [1.54, 1.807) is 12.5 Å². The molecule has 1 heterocycles. The lowest BCUT2D eigenvalue weighted by Gasteiger charge is -2.06. The molecule has 0 atom stereocenters. The van der Waals surface area contributed by atoms with E-state index in [1.165, 1.54) is 19.2 Å². The molecule has 0 fully saturated rings. The van der Waals surface area contributed by atoms with Gasteiger partial charge in [-0.3, -0.25) is 4.79 Å². The van der Waals surface area contributed by atoms with Gasteiger partial charge in [-0.2, -0.15) is 0 Å². The molecule has 100 valence electrons. The summed E-state index contributed by atoms with van der Waals surface area (Å²) < 4.78 is 18.2. The van der Waals surface area contributed by atoms with Crippen molar-refractivity contribution in [1.82, 2.24) is 15.3 Å². The number of H-pyrrole nitrogens is 1. The third-order valence-corrected chi connectivity index (χ3v) is 2.65. The number of imidazole rings is 1. The molecule has 0 bridgehead atoms. The normalized spacial score (nSPS) is 10.2. The Hall–Kier alpha value is -2.37. The van der Waals surface area contributed by atoms with Gasteiger partial charge in [0, 0.05) is 30.4 Å². The van der Waals surface area contributed by atoms with E-state index in [9.17, 15) is 9.18 Å². The zero-order valence-corrected chi connectivity index (χ0v) is 10.4. The number of ether oxygens (including phenoxy) is 1. The lowest BCUT2D eigenvalue weighted by Crippen LogP contribution is -2.25. The van der Waals surface area contributed by atoms with Crippen LogP contribution in [0.25, 0.3) is 0 Å². The third-order valence-electron chi connectivity index (χ3n) is 2.65. The Balaban J connectivity index is 1.91. The molecule has 6 heteroatoms. The Morgan fingerprint density at radius 3 is 3.00 bits per heavy atom. The fourth-order valence-electron chi connectivity index (χ4n) is 1.64. The number of aromatic amines is 1. The zero-order valence-electron chi connectivity index (χ0n) is 10.4. The highest BCUT2D eigenvalue weighted by molar-refractivity contribution is 5.94. The van der Waals surface area contributed by atoms with Crippen LogP contribution in [0.15, 0.2) is 30.7 Å². The molecule has 2 aromatic rings. The van der Waals surface area contributed by atoms with E-state index in [1.807, 2.05) is 0 Å². The molecule has 0 saturated carbocycles. The SMILES string of the molecule is COc1ccc(C(=O)NCCc2cnc[nH]2)cc1F. The van der Waals surface area contributed by atoms with Crippen LogP contribution in [0.2, 0.25) is 0 Å².